The first-order valence-corrected chi connectivity index (χ1v) is 11.3. The zero-order valence-electron chi connectivity index (χ0n) is 18.8. The van der Waals surface area contributed by atoms with Crippen LogP contribution >= 0.6 is 0 Å². The molecule has 0 saturated heterocycles. The summed E-state index contributed by atoms with van der Waals surface area (Å²) >= 11 is 0. The molecule has 4 rings (SSSR count). The summed E-state index contributed by atoms with van der Waals surface area (Å²) in [6, 6.07) is 23.3. The molecule has 0 aliphatic heterocycles. The van der Waals surface area contributed by atoms with Gasteiger partial charge in [0, 0.05) is 29.4 Å². The number of anilines is 3. The smallest absolute Gasteiger partial charge is 0.243 e. The van der Waals surface area contributed by atoms with Gasteiger partial charge in [-0.3, -0.25) is 9.59 Å². The summed E-state index contributed by atoms with van der Waals surface area (Å²) in [6.45, 7) is 2.63. The molecule has 1 saturated carbocycles. The Hall–Kier alpha value is -3.80. The number of hydrogen-bond donors (Lipinski definition) is 3. The van der Waals surface area contributed by atoms with Crippen molar-refractivity contribution in [2.24, 2.45) is 5.92 Å². The fourth-order valence-electron chi connectivity index (χ4n) is 3.46. The Kier molecular flexibility index (Phi) is 7.25. The van der Waals surface area contributed by atoms with E-state index in [1.54, 1.807) is 0 Å². The maximum Gasteiger partial charge on any atom is 0.243 e. The van der Waals surface area contributed by atoms with Crippen molar-refractivity contribution in [3.8, 4) is 5.75 Å². The van der Waals surface area contributed by atoms with Crippen molar-refractivity contribution in [2.45, 2.75) is 26.2 Å². The van der Waals surface area contributed by atoms with E-state index >= 15 is 0 Å². The van der Waals surface area contributed by atoms with Crippen LogP contribution in [0, 0.1) is 12.8 Å². The molecule has 6 nitrogen and oxygen atoms in total. The van der Waals surface area contributed by atoms with Gasteiger partial charge < -0.3 is 20.7 Å². The molecular weight excluding hydrogens is 414 g/mol. The summed E-state index contributed by atoms with van der Waals surface area (Å²) in [5.74, 6) is 0.816. The van der Waals surface area contributed by atoms with Gasteiger partial charge in [-0.2, -0.15) is 0 Å². The molecule has 3 aromatic carbocycles. The van der Waals surface area contributed by atoms with Crippen molar-refractivity contribution < 1.29 is 14.3 Å². The highest BCUT2D eigenvalue weighted by molar-refractivity contribution is 5.98. The van der Waals surface area contributed by atoms with Crippen molar-refractivity contribution >= 4 is 28.9 Å². The summed E-state index contributed by atoms with van der Waals surface area (Å²) in [7, 11) is 0. The third-order valence-electron chi connectivity index (χ3n) is 5.62. The van der Waals surface area contributed by atoms with Crippen LogP contribution in [-0.4, -0.2) is 25.0 Å². The molecule has 0 spiro atoms. The molecule has 0 atom stereocenters. The van der Waals surface area contributed by atoms with Gasteiger partial charge in [0.25, 0.3) is 0 Å². The summed E-state index contributed by atoms with van der Waals surface area (Å²) in [5, 5.41) is 9.00. The van der Waals surface area contributed by atoms with Crippen molar-refractivity contribution in [1.82, 2.24) is 0 Å². The molecule has 0 aromatic heterocycles. The second-order valence-electron chi connectivity index (χ2n) is 8.25. The van der Waals surface area contributed by atoms with E-state index in [0.717, 1.165) is 42.0 Å². The highest BCUT2D eigenvalue weighted by Gasteiger charge is 2.29. The Bertz CT molecular complexity index is 1090. The van der Waals surface area contributed by atoms with Crippen molar-refractivity contribution in [3.05, 3.63) is 83.9 Å². The maximum atomic E-state index is 12.4. The fourth-order valence-corrected chi connectivity index (χ4v) is 3.46. The Morgan fingerprint density at radius 2 is 1.58 bits per heavy atom. The molecule has 1 aliphatic rings. The quantitative estimate of drug-likeness (QED) is 0.411. The van der Waals surface area contributed by atoms with Crippen LogP contribution in [0.4, 0.5) is 17.1 Å². The monoisotopic (exact) mass is 443 g/mol. The zero-order chi connectivity index (χ0) is 23.0. The molecule has 33 heavy (non-hydrogen) atoms. The van der Waals surface area contributed by atoms with E-state index in [1.165, 1.54) is 5.56 Å². The minimum absolute atomic E-state index is 0.0516. The van der Waals surface area contributed by atoms with Crippen LogP contribution in [0.3, 0.4) is 0 Å². The number of carbonyl (C=O) groups is 2. The third kappa shape index (κ3) is 6.59. The van der Waals surface area contributed by atoms with Gasteiger partial charge in [0.1, 0.15) is 5.75 Å². The number of hydrogen-bond acceptors (Lipinski definition) is 4. The van der Waals surface area contributed by atoms with Gasteiger partial charge in [-0.25, -0.2) is 0 Å². The topological polar surface area (TPSA) is 79.5 Å². The number of benzene rings is 3. The molecule has 2 amide bonds. The van der Waals surface area contributed by atoms with Gasteiger partial charge in [-0.1, -0.05) is 36.4 Å². The molecule has 1 aliphatic carbocycles. The summed E-state index contributed by atoms with van der Waals surface area (Å²) in [5.41, 5.74) is 4.35. The molecule has 170 valence electrons. The first kappa shape index (κ1) is 22.4. The van der Waals surface area contributed by atoms with E-state index in [1.807, 2.05) is 67.6 Å². The van der Waals surface area contributed by atoms with Gasteiger partial charge in [0.2, 0.25) is 11.8 Å². The normalized spacial score (nSPS) is 12.6. The molecule has 0 bridgehead atoms. The molecule has 3 N–H and O–H groups in total. The molecule has 0 heterocycles. The lowest BCUT2D eigenvalue weighted by Crippen LogP contribution is -2.22. The van der Waals surface area contributed by atoms with Crippen LogP contribution < -0.4 is 20.7 Å². The molecule has 1 fully saturated rings. The Labute approximate surface area is 194 Å². The fraction of sp³-hybridized carbons (Fsp3) is 0.259. The van der Waals surface area contributed by atoms with Crippen molar-refractivity contribution in [1.29, 1.82) is 0 Å². The lowest BCUT2D eigenvalue weighted by Gasteiger charge is -2.14. The number of nitrogens with one attached hydrogen (secondary N) is 3. The standard InChI is InChI=1S/C27H29N3O3/c1-19-24(8-5-9-25(19)30-27(32)21-10-11-21)29-26(31)18-28-22-12-14-23(15-13-22)33-17-16-20-6-3-2-4-7-20/h2-9,12-15,21,28H,10-11,16-18H2,1H3,(H,29,31)(H,30,32). The lowest BCUT2D eigenvalue weighted by atomic mass is 10.1. The lowest BCUT2D eigenvalue weighted by molar-refractivity contribution is -0.117. The van der Waals surface area contributed by atoms with Crippen LogP contribution in [-0.2, 0) is 16.0 Å². The van der Waals surface area contributed by atoms with E-state index in [-0.39, 0.29) is 24.3 Å². The van der Waals surface area contributed by atoms with Gasteiger partial charge >= 0.3 is 0 Å². The van der Waals surface area contributed by atoms with E-state index < -0.39 is 0 Å². The number of carbonyl (C=O) groups excluding carboxylic acids is 2. The second-order valence-corrected chi connectivity index (χ2v) is 8.25. The molecular formula is C27H29N3O3. The zero-order valence-corrected chi connectivity index (χ0v) is 18.8. The largest absolute Gasteiger partial charge is 0.493 e. The van der Waals surface area contributed by atoms with Crippen LogP contribution in [0.1, 0.15) is 24.0 Å². The van der Waals surface area contributed by atoms with Gasteiger partial charge in [-0.05, 0) is 67.3 Å². The predicted molar refractivity (Wildman–Crippen MR) is 132 cm³/mol. The summed E-state index contributed by atoms with van der Waals surface area (Å²) in [6.07, 6.45) is 2.76. The Morgan fingerprint density at radius 3 is 2.27 bits per heavy atom. The maximum absolute atomic E-state index is 12.4. The third-order valence-corrected chi connectivity index (χ3v) is 5.62. The van der Waals surface area contributed by atoms with Gasteiger partial charge in [0.15, 0.2) is 0 Å². The SMILES string of the molecule is Cc1c(NC(=O)CNc2ccc(OCCc3ccccc3)cc2)cccc1NC(=O)C1CC1. The van der Waals surface area contributed by atoms with Crippen LogP contribution in [0.25, 0.3) is 0 Å². The van der Waals surface area contributed by atoms with Gasteiger partial charge in [-0.15, -0.1) is 0 Å². The number of rotatable bonds is 10. The first-order chi connectivity index (χ1) is 16.1. The number of amides is 2. The highest BCUT2D eigenvalue weighted by Crippen LogP contribution is 2.31. The van der Waals surface area contributed by atoms with Crippen LogP contribution in [0.5, 0.6) is 5.75 Å². The Morgan fingerprint density at radius 1 is 0.879 bits per heavy atom. The van der Waals surface area contributed by atoms with E-state index in [4.69, 9.17) is 4.74 Å². The van der Waals surface area contributed by atoms with Crippen LogP contribution in [0.2, 0.25) is 0 Å². The average molecular weight is 444 g/mol. The van der Waals surface area contributed by atoms with E-state index in [2.05, 4.69) is 28.1 Å². The second kappa shape index (κ2) is 10.7. The van der Waals surface area contributed by atoms with E-state index in [0.29, 0.717) is 12.3 Å². The summed E-state index contributed by atoms with van der Waals surface area (Å²) in [4.78, 5) is 24.5. The Balaban J connectivity index is 1.23. The van der Waals surface area contributed by atoms with Gasteiger partial charge in [0.05, 0.1) is 13.2 Å². The minimum Gasteiger partial charge on any atom is -0.493 e. The van der Waals surface area contributed by atoms with E-state index in [9.17, 15) is 9.59 Å². The summed E-state index contributed by atoms with van der Waals surface area (Å²) < 4.78 is 5.80. The molecule has 6 heteroatoms. The minimum atomic E-state index is -0.160. The average Bonchev–Trinajstić information content (AvgIpc) is 3.68. The number of ether oxygens (including phenoxy) is 1. The highest BCUT2D eigenvalue weighted by atomic mass is 16.5. The first-order valence-electron chi connectivity index (χ1n) is 11.3. The molecule has 0 radical (unpaired) electrons. The molecule has 0 unspecified atom stereocenters. The predicted octanol–water partition coefficient (Wildman–Crippen LogP) is 5.02. The molecule has 3 aromatic rings. The van der Waals surface area contributed by atoms with Crippen LogP contribution in [0.15, 0.2) is 72.8 Å². The van der Waals surface area contributed by atoms with Crippen molar-refractivity contribution in [3.63, 3.8) is 0 Å². The van der Waals surface area contributed by atoms with Crippen molar-refractivity contribution in [2.75, 3.05) is 29.1 Å².